The van der Waals surface area contributed by atoms with Crippen LogP contribution >= 0.6 is 0 Å². The molecular weight excluding hydrogens is 304 g/mol. The highest BCUT2D eigenvalue weighted by Crippen LogP contribution is 2.42. The zero-order valence-electron chi connectivity index (χ0n) is 15.8. The van der Waals surface area contributed by atoms with Crippen molar-refractivity contribution >= 4 is 17.5 Å². The molecule has 24 heavy (non-hydrogen) atoms. The third kappa shape index (κ3) is 2.48. The van der Waals surface area contributed by atoms with Crippen molar-refractivity contribution in [1.29, 1.82) is 0 Å². The highest BCUT2D eigenvalue weighted by atomic mass is 16.6. The summed E-state index contributed by atoms with van der Waals surface area (Å²) in [4.78, 5) is 38.3. The number of cyclic esters (lactones) is 1. The number of hydrogen-bond acceptors (Lipinski definition) is 4. The topological polar surface area (TPSA) is 60.4 Å². The van der Waals surface area contributed by atoms with E-state index in [2.05, 4.69) is 0 Å². The molecule has 1 atom stereocenters. The SMILES string of the molecule is Cc1cc(C)c(C)c(C(=O)[C@@H]2OC(=O)C(C)(C)C(=O)C2(C)C)c1C. The lowest BCUT2D eigenvalue weighted by molar-refractivity contribution is -0.181. The molecule has 2 rings (SSSR count). The third-order valence-corrected chi connectivity index (χ3v) is 5.39. The summed E-state index contributed by atoms with van der Waals surface area (Å²) >= 11 is 0. The maximum atomic E-state index is 13.2. The summed E-state index contributed by atoms with van der Waals surface area (Å²) in [5.41, 5.74) is 2.02. The van der Waals surface area contributed by atoms with Crippen LogP contribution in [0.3, 0.4) is 0 Å². The molecule has 1 saturated heterocycles. The van der Waals surface area contributed by atoms with E-state index in [4.69, 9.17) is 4.74 Å². The molecule has 1 aliphatic heterocycles. The molecule has 0 aromatic heterocycles. The number of carbonyl (C=O) groups excluding carboxylic acids is 3. The van der Waals surface area contributed by atoms with Gasteiger partial charge in [0.1, 0.15) is 5.41 Å². The van der Waals surface area contributed by atoms with Crippen molar-refractivity contribution < 1.29 is 19.1 Å². The molecule has 1 aromatic rings. The molecular formula is C20H26O4. The molecule has 1 heterocycles. The van der Waals surface area contributed by atoms with Gasteiger partial charge in [0.2, 0.25) is 5.78 Å². The molecule has 1 aliphatic rings. The Morgan fingerprint density at radius 3 is 1.88 bits per heavy atom. The second-order valence-corrected chi connectivity index (χ2v) is 7.96. The number of Topliss-reactive ketones (excluding diaryl/α,β-unsaturated/α-hetero) is 2. The van der Waals surface area contributed by atoms with Crippen molar-refractivity contribution in [1.82, 2.24) is 0 Å². The molecule has 0 unspecified atom stereocenters. The van der Waals surface area contributed by atoms with Gasteiger partial charge in [-0.15, -0.1) is 0 Å². The molecule has 0 saturated carbocycles. The Hall–Kier alpha value is -1.97. The Kier molecular flexibility index (Phi) is 4.24. The first kappa shape index (κ1) is 18.4. The van der Waals surface area contributed by atoms with Gasteiger partial charge in [-0.05, 0) is 77.6 Å². The van der Waals surface area contributed by atoms with Crippen molar-refractivity contribution in [2.45, 2.75) is 61.5 Å². The van der Waals surface area contributed by atoms with Crippen LogP contribution in [0.25, 0.3) is 0 Å². The third-order valence-electron chi connectivity index (χ3n) is 5.39. The quantitative estimate of drug-likeness (QED) is 0.472. The summed E-state index contributed by atoms with van der Waals surface area (Å²) in [6.07, 6.45) is -1.09. The number of ketones is 2. The predicted molar refractivity (Wildman–Crippen MR) is 92.2 cm³/mol. The maximum Gasteiger partial charge on any atom is 0.319 e. The molecule has 1 aromatic carbocycles. The van der Waals surface area contributed by atoms with Crippen LogP contribution in [0, 0.1) is 38.5 Å². The average Bonchev–Trinajstić information content (AvgIpc) is 2.48. The smallest absolute Gasteiger partial charge is 0.319 e. The van der Waals surface area contributed by atoms with Gasteiger partial charge in [-0.1, -0.05) is 6.07 Å². The molecule has 0 aliphatic carbocycles. The van der Waals surface area contributed by atoms with Gasteiger partial charge < -0.3 is 4.74 Å². The summed E-state index contributed by atoms with van der Waals surface area (Å²) in [6, 6.07) is 2.04. The standard InChI is InChI=1S/C20H26O4/c1-10-9-11(2)13(4)14(12(10)3)15(21)16-19(5,6)17(22)20(7,8)18(23)24-16/h9,16H,1-8H3/t16-/m0/s1. The van der Waals surface area contributed by atoms with Gasteiger partial charge in [0, 0.05) is 5.56 Å². The van der Waals surface area contributed by atoms with Crippen molar-refractivity contribution in [2.75, 3.05) is 0 Å². The van der Waals surface area contributed by atoms with E-state index < -0.39 is 22.9 Å². The lowest BCUT2D eigenvalue weighted by Gasteiger charge is -2.42. The predicted octanol–water partition coefficient (Wildman–Crippen LogP) is 3.65. The number of aryl methyl sites for hydroxylation is 2. The minimum absolute atomic E-state index is 0.260. The van der Waals surface area contributed by atoms with Crippen LogP contribution in [0.2, 0.25) is 0 Å². The molecule has 0 N–H and O–H groups in total. The Morgan fingerprint density at radius 2 is 1.42 bits per heavy atom. The summed E-state index contributed by atoms with van der Waals surface area (Å²) < 4.78 is 5.48. The number of hydrogen-bond donors (Lipinski definition) is 0. The molecule has 1 fully saturated rings. The Labute approximate surface area is 143 Å². The largest absolute Gasteiger partial charge is 0.452 e. The zero-order chi connectivity index (χ0) is 18.6. The first-order chi connectivity index (χ1) is 10.8. The maximum absolute atomic E-state index is 13.2. The van der Waals surface area contributed by atoms with Crippen molar-refractivity contribution in [3.05, 3.63) is 33.9 Å². The number of ether oxygens (including phenoxy) is 1. The van der Waals surface area contributed by atoms with Crippen LogP contribution in [-0.2, 0) is 14.3 Å². The summed E-state index contributed by atoms with van der Waals surface area (Å²) in [5.74, 6) is -1.19. The van der Waals surface area contributed by atoms with Crippen LogP contribution in [0.15, 0.2) is 6.07 Å². The minimum Gasteiger partial charge on any atom is -0.452 e. The molecule has 0 amide bonds. The van der Waals surface area contributed by atoms with Gasteiger partial charge in [0.05, 0.1) is 5.41 Å². The van der Waals surface area contributed by atoms with Gasteiger partial charge in [-0.3, -0.25) is 14.4 Å². The second-order valence-electron chi connectivity index (χ2n) is 7.96. The molecule has 0 radical (unpaired) electrons. The zero-order valence-corrected chi connectivity index (χ0v) is 15.8. The van der Waals surface area contributed by atoms with Crippen LogP contribution < -0.4 is 0 Å². The molecule has 0 bridgehead atoms. The molecule has 4 nitrogen and oxygen atoms in total. The molecule has 130 valence electrons. The van der Waals surface area contributed by atoms with E-state index in [-0.39, 0.29) is 11.6 Å². The van der Waals surface area contributed by atoms with Crippen molar-refractivity contribution in [2.24, 2.45) is 10.8 Å². The normalized spacial score (nSPS) is 22.2. The molecule has 4 heteroatoms. The van der Waals surface area contributed by atoms with Crippen molar-refractivity contribution in [3.63, 3.8) is 0 Å². The van der Waals surface area contributed by atoms with Gasteiger partial charge in [0.15, 0.2) is 11.9 Å². The highest BCUT2D eigenvalue weighted by Gasteiger charge is 2.57. The van der Waals surface area contributed by atoms with E-state index in [0.717, 1.165) is 22.3 Å². The van der Waals surface area contributed by atoms with Gasteiger partial charge in [0.25, 0.3) is 0 Å². The van der Waals surface area contributed by atoms with E-state index in [1.54, 1.807) is 27.7 Å². The van der Waals surface area contributed by atoms with Gasteiger partial charge >= 0.3 is 5.97 Å². The summed E-state index contributed by atoms with van der Waals surface area (Å²) in [6.45, 7) is 14.1. The van der Waals surface area contributed by atoms with E-state index in [0.29, 0.717) is 5.56 Å². The fraction of sp³-hybridized carbons (Fsp3) is 0.550. The summed E-state index contributed by atoms with van der Waals surface area (Å²) in [7, 11) is 0. The Balaban J connectivity index is 2.59. The first-order valence-electron chi connectivity index (χ1n) is 8.21. The number of esters is 1. The minimum atomic E-state index is -1.23. The average molecular weight is 330 g/mol. The van der Waals surface area contributed by atoms with Crippen LogP contribution in [0.4, 0.5) is 0 Å². The van der Waals surface area contributed by atoms with E-state index in [1.165, 1.54) is 0 Å². The van der Waals surface area contributed by atoms with Crippen LogP contribution in [0.5, 0.6) is 0 Å². The van der Waals surface area contributed by atoms with Crippen LogP contribution in [-0.4, -0.2) is 23.6 Å². The van der Waals surface area contributed by atoms with Gasteiger partial charge in [-0.2, -0.15) is 0 Å². The first-order valence-corrected chi connectivity index (χ1v) is 8.21. The number of carbonyl (C=O) groups is 3. The fourth-order valence-corrected chi connectivity index (χ4v) is 3.52. The Bertz CT molecular complexity index is 727. The highest BCUT2D eigenvalue weighted by molar-refractivity contribution is 6.14. The lowest BCUT2D eigenvalue weighted by atomic mass is 9.66. The lowest BCUT2D eigenvalue weighted by Crippen LogP contribution is -2.58. The van der Waals surface area contributed by atoms with E-state index in [1.807, 2.05) is 33.8 Å². The van der Waals surface area contributed by atoms with Crippen LogP contribution in [0.1, 0.15) is 60.3 Å². The van der Waals surface area contributed by atoms with Crippen molar-refractivity contribution in [3.8, 4) is 0 Å². The number of benzene rings is 1. The fourth-order valence-electron chi connectivity index (χ4n) is 3.52. The number of rotatable bonds is 2. The molecule has 0 spiro atoms. The summed E-state index contributed by atoms with van der Waals surface area (Å²) in [5, 5.41) is 0. The van der Waals surface area contributed by atoms with Gasteiger partial charge in [-0.25, -0.2) is 0 Å². The van der Waals surface area contributed by atoms with E-state index >= 15 is 0 Å². The monoisotopic (exact) mass is 330 g/mol. The van der Waals surface area contributed by atoms with E-state index in [9.17, 15) is 14.4 Å². The second kappa shape index (κ2) is 5.54. The Morgan fingerprint density at radius 1 is 0.958 bits per heavy atom.